The van der Waals surface area contributed by atoms with Crippen molar-refractivity contribution in [3.05, 3.63) is 17.0 Å². The van der Waals surface area contributed by atoms with E-state index in [-0.39, 0.29) is 0 Å². The third kappa shape index (κ3) is 1.43. The molecule has 1 rings (SSSR count). The van der Waals surface area contributed by atoms with Crippen LogP contribution in [-0.2, 0) is 6.54 Å². The Balaban J connectivity index is 3.00. The molecule has 0 atom stereocenters. The van der Waals surface area contributed by atoms with Crippen LogP contribution in [0.1, 0.15) is 36.7 Å². The van der Waals surface area contributed by atoms with E-state index in [1.165, 1.54) is 5.56 Å². The summed E-state index contributed by atoms with van der Waals surface area (Å²) in [4.78, 5) is 0. The molecule has 0 saturated heterocycles. The summed E-state index contributed by atoms with van der Waals surface area (Å²) in [7, 11) is 0. The Morgan fingerprint density at radius 3 is 2.45 bits per heavy atom. The average Bonchev–Trinajstić information content (AvgIpc) is 2.30. The fourth-order valence-electron chi connectivity index (χ4n) is 1.21. The third-order valence-corrected chi connectivity index (χ3v) is 1.90. The summed E-state index contributed by atoms with van der Waals surface area (Å²) >= 11 is 0. The number of nitrogens with one attached hydrogen (secondary N) is 1. The molecule has 0 spiro atoms. The zero-order chi connectivity index (χ0) is 8.43. The van der Waals surface area contributed by atoms with Gasteiger partial charge in [0.15, 0.2) is 0 Å². The van der Waals surface area contributed by atoms with E-state index in [0.29, 0.717) is 12.5 Å². The van der Waals surface area contributed by atoms with Crippen molar-refractivity contribution in [3.63, 3.8) is 0 Å². The van der Waals surface area contributed by atoms with E-state index in [9.17, 15) is 0 Å². The number of rotatable bonds is 2. The highest BCUT2D eigenvalue weighted by Crippen LogP contribution is 2.17. The van der Waals surface area contributed by atoms with Gasteiger partial charge < -0.3 is 5.73 Å². The summed E-state index contributed by atoms with van der Waals surface area (Å²) in [6, 6.07) is 0. The summed E-state index contributed by atoms with van der Waals surface area (Å²) in [6.07, 6.45) is 0. The van der Waals surface area contributed by atoms with Gasteiger partial charge in [0.1, 0.15) is 0 Å². The van der Waals surface area contributed by atoms with Crippen LogP contribution in [0.3, 0.4) is 0 Å². The van der Waals surface area contributed by atoms with Crippen molar-refractivity contribution in [1.82, 2.24) is 10.2 Å². The predicted octanol–water partition coefficient (Wildman–Crippen LogP) is 1.30. The van der Waals surface area contributed by atoms with Crippen LogP contribution in [0.4, 0.5) is 0 Å². The van der Waals surface area contributed by atoms with Gasteiger partial charge in [-0.3, -0.25) is 5.10 Å². The van der Waals surface area contributed by atoms with E-state index >= 15 is 0 Å². The SMILES string of the molecule is Cc1c(C(C)C)n[nH]c1CN. The Hall–Kier alpha value is -0.830. The molecular weight excluding hydrogens is 138 g/mol. The maximum Gasteiger partial charge on any atom is 0.0679 e. The molecule has 0 bridgehead atoms. The molecule has 0 radical (unpaired) electrons. The largest absolute Gasteiger partial charge is 0.325 e. The summed E-state index contributed by atoms with van der Waals surface area (Å²) < 4.78 is 0. The molecule has 0 unspecified atom stereocenters. The number of hydrogen-bond acceptors (Lipinski definition) is 2. The van der Waals surface area contributed by atoms with Crippen LogP contribution in [0.5, 0.6) is 0 Å². The Bertz CT molecular complexity index is 237. The van der Waals surface area contributed by atoms with Crippen molar-refractivity contribution in [2.75, 3.05) is 0 Å². The number of aromatic nitrogens is 2. The van der Waals surface area contributed by atoms with E-state index in [1.54, 1.807) is 0 Å². The Morgan fingerprint density at radius 1 is 1.55 bits per heavy atom. The molecule has 3 nitrogen and oxygen atoms in total. The predicted molar refractivity (Wildman–Crippen MR) is 45.3 cm³/mol. The quantitative estimate of drug-likeness (QED) is 0.672. The lowest BCUT2D eigenvalue weighted by Gasteiger charge is -2.00. The van der Waals surface area contributed by atoms with Gasteiger partial charge in [-0.2, -0.15) is 5.10 Å². The van der Waals surface area contributed by atoms with Gasteiger partial charge in [0.05, 0.1) is 11.4 Å². The molecule has 1 heterocycles. The highest BCUT2D eigenvalue weighted by atomic mass is 15.1. The van der Waals surface area contributed by atoms with E-state index < -0.39 is 0 Å². The highest BCUT2D eigenvalue weighted by molar-refractivity contribution is 5.25. The van der Waals surface area contributed by atoms with Crippen molar-refractivity contribution in [2.45, 2.75) is 33.2 Å². The molecule has 0 aliphatic heterocycles. The Kier molecular flexibility index (Phi) is 2.29. The van der Waals surface area contributed by atoms with Crippen LogP contribution >= 0.6 is 0 Å². The molecule has 0 fully saturated rings. The van der Waals surface area contributed by atoms with Crippen molar-refractivity contribution < 1.29 is 0 Å². The van der Waals surface area contributed by atoms with Crippen LogP contribution < -0.4 is 5.73 Å². The molecule has 0 aliphatic rings. The van der Waals surface area contributed by atoms with Crippen LogP contribution in [0, 0.1) is 6.92 Å². The van der Waals surface area contributed by atoms with E-state index in [4.69, 9.17) is 5.73 Å². The fourth-order valence-corrected chi connectivity index (χ4v) is 1.21. The van der Waals surface area contributed by atoms with Crippen LogP contribution in [0.15, 0.2) is 0 Å². The molecule has 0 saturated carbocycles. The first kappa shape index (κ1) is 8.27. The number of H-pyrrole nitrogens is 1. The first-order chi connectivity index (χ1) is 5.16. The van der Waals surface area contributed by atoms with Crippen molar-refractivity contribution in [2.24, 2.45) is 5.73 Å². The zero-order valence-corrected chi connectivity index (χ0v) is 7.31. The lowest BCUT2D eigenvalue weighted by molar-refractivity contribution is 0.803. The summed E-state index contributed by atoms with van der Waals surface area (Å²) in [5.41, 5.74) is 8.88. The number of nitrogens with zero attached hydrogens (tertiary/aromatic N) is 1. The van der Waals surface area contributed by atoms with Gasteiger partial charge in [0.25, 0.3) is 0 Å². The molecule has 0 aromatic carbocycles. The van der Waals surface area contributed by atoms with Crippen LogP contribution in [0.2, 0.25) is 0 Å². The number of aromatic amines is 1. The van der Waals surface area contributed by atoms with Crippen molar-refractivity contribution in [1.29, 1.82) is 0 Å². The van der Waals surface area contributed by atoms with Crippen LogP contribution in [0.25, 0.3) is 0 Å². The van der Waals surface area contributed by atoms with Gasteiger partial charge in [0, 0.05) is 6.54 Å². The second-order valence-corrected chi connectivity index (χ2v) is 3.07. The van der Waals surface area contributed by atoms with Gasteiger partial charge in [-0.25, -0.2) is 0 Å². The van der Waals surface area contributed by atoms with Gasteiger partial charge >= 0.3 is 0 Å². The molecule has 0 aliphatic carbocycles. The second-order valence-electron chi connectivity index (χ2n) is 3.07. The van der Waals surface area contributed by atoms with Crippen molar-refractivity contribution in [3.8, 4) is 0 Å². The first-order valence-electron chi connectivity index (χ1n) is 3.90. The minimum atomic E-state index is 0.478. The molecule has 0 amide bonds. The van der Waals surface area contributed by atoms with Gasteiger partial charge in [0.2, 0.25) is 0 Å². The lowest BCUT2D eigenvalue weighted by Crippen LogP contribution is -1.98. The van der Waals surface area contributed by atoms with Gasteiger partial charge in [-0.05, 0) is 18.4 Å². The monoisotopic (exact) mass is 153 g/mol. The molecule has 1 aromatic rings. The Morgan fingerprint density at radius 2 is 2.18 bits per heavy atom. The van der Waals surface area contributed by atoms with Gasteiger partial charge in [-0.1, -0.05) is 13.8 Å². The minimum Gasteiger partial charge on any atom is -0.325 e. The molecule has 11 heavy (non-hydrogen) atoms. The highest BCUT2D eigenvalue weighted by Gasteiger charge is 2.09. The summed E-state index contributed by atoms with van der Waals surface area (Å²) in [5, 5.41) is 7.11. The molecule has 1 aromatic heterocycles. The topological polar surface area (TPSA) is 54.7 Å². The number of nitrogens with two attached hydrogens (primary N) is 1. The second kappa shape index (κ2) is 3.05. The number of hydrogen-bond donors (Lipinski definition) is 2. The van der Waals surface area contributed by atoms with Gasteiger partial charge in [-0.15, -0.1) is 0 Å². The van der Waals surface area contributed by atoms with E-state index in [0.717, 1.165) is 11.4 Å². The molecular formula is C8H15N3. The maximum absolute atomic E-state index is 5.49. The molecule has 62 valence electrons. The standard InChI is InChI=1S/C8H15N3/c1-5(2)8-6(3)7(4-9)10-11-8/h5H,4,9H2,1-3H3,(H,10,11). The van der Waals surface area contributed by atoms with Crippen LogP contribution in [-0.4, -0.2) is 10.2 Å². The normalized spacial score (nSPS) is 11.0. The first-order valence-corrected chi connectivity index (χ1v) is 3.90. The summed E-state index contributed by atoms with van der Waals surface area (Å²) in [6.45, 7) is 6.86. The fraction of sp³-hybridized carbons (Fsp3) is 0.625. The van der Waals surface area contributed by atoms with E-state index in [1.807, 2.05) is 0 Å². The average molecular weight is 153 g/mol. The maximum atomic E-state index is 5.49. The lowest BCUT2D eigenvalue weighted by atomic mass is 10.1. The molecule has 3 heteroatoms. The smallest absolute Gasteiger partial charge is 0.0679 e. The van der Waals surface area contributed by atoms with E-state index in [2.05, 4.69) is 31.0 Å². The summed E-state index contributed by atoms with van der Waals surface area (Å²) in [5.74, 6) is 0.478. The minimum absolute atomic E-state index is 0.478. The Labute approximate surface area is 67.0 Å². The molecule has 3 N–H and O–H groups in total. The zero-order valence-electron chi connectivity index (χ0n) is 7.31. The van der Waals surface area contributed by atoms with Crippen molar-refractivity contribution >= 4 is 0 Å². The third-order valence-electron chi connectivity index (χ3n) is 1.90.